The molecule has 0 heterocycles. The van der Waals surface area contributed by atoms with Gasteiger partial charge in [0, 0.05) is 13.0 Å². The molecule has 0 aliphatic carbocycles. The Balaban J connectivity index is 2.22. The zero-order valence-corrected chi connectivity index (χ0v) is 9.72. The fourth-order valence-corrected chi connectivity index (χ4v) is 1.46. The van der Waals surface area contributed by atoms with Crippen LogP contribution in [0.4, 0.5) is 4.39 Å². The number of halogens is 1. The molecule has 0 aliphatic rings. The van der Waals surface area contributed by atoms with Gasteiger partial charge in [0.15, 0.2) is 0 Å². The molecule has 1 rings (SSSR count). The van der Waals surface area contributed by atoms with E-state index < -0.39 is 0 Å². The van der Waals surface area contributed by atoms with Gasteiger partial charge in [-0.3, -0.25) is 0 Å². The Morgan fingerprint density at radius 2 is 2.19 bits per heavy atom. The van der Waals surface area contributed by atoms with E-state index in [9.17, 15) is 4.39 Å². The van der Waals surface area contributed by atoms with E-state index in [-0.39, 0.29) is 5.82 Å². The zero-order valence-electron chi connectivity index (χ0n) is 9.72. The molecule has 1 aromatic rings. The number of aryl methyl sites for hydroxylation is 1. The van der Waals surface area contributed by atoms with Gasteiger partial charge in [-0.15, -0.1) is 12.3 Å². The molecule has 1 nitrogen and oxygen atoms in total. The van der Waals surface area contributed by atoms with Crippen molar-refractivity contribution in [2.75, 3.05) is 6.54 Å². The van der Waals surface area contributed by atoms with Crippen molar-refractivity contribution in [2.45, 2.75) is 32.7 Å². The number of terminal acetylenes is 1. The van der Waals surface area contributed by atoms with Crippen molar-refractivity contribution in [1.29, 1.82) is 0 Å². The number of rotatable bonds is 6. The van der Waals surface area contributed by atoms with Crippen molar-refractivity contribution in [2.24, 2.45) is 0 Å². The first kappa shape index (κ1) is 12.7. The van der Waals surface area contributed by atoms with Crippen molar-refractivity contribution in [3.05, 3.63) is 35.1 Å². The lowest BCUT2D eigenvalue weighted by Crippen LogP contribution is -2.14. The summed E-state index contributed by atoms with van der Waals surface area (Å²) in [7, 11) is 0. The largest absolute Gasteiger partial charge is 0.313 e. The lowest BCUT2D eigenvalue weighted by atomic mass is 10.1. The summed E-state index contributed by atoms with van der Waals surface area (Å²) in [6.07, 6.45) is 8.10. The van der Waals surface area contributed by atoms with Crippen LogP contribution in [0.2, 0.25) is 0 Å². The summed E-state index contributed by atoms with van der Waals surface area (Å²) in [5.41, 5.74) is 1.68. The van der Waals surface area contributed by atoms with Crippen LogP contribution in [-0.4, -0.2) is 6.54 Å². The van der Waals surface area contributed by atoms with E-state index in [0.717, 1.165) is 31.4 Å². The average Bonchev–Trinajstić information content (AvgIpc) is 2.28. The van der Waals surface area contributed by atoms with Gasteiger partial charge in [0.2, 0.25) is 0 Å². The van der Waals surface area contributed by atoms with Crippen LogP contribution in [0.15, 0.2) is 18.2 Å². The van der Waals surface area contributed by atoms with Crippen molar-refractivity contribution in [3.8, 4) is 12.3 Å². The Morgan fingerprint density at radius 3 is 2.88 bits per heavy atom. The highest BCUT2D eigenvalue weighted by molar-refractivity contribution is 5.23. The minimum absolute atomic E-state index is 0.133. The normalized spacial score (nSPS) is 10.1. The van der Waals surface area contributed by atoms with Gasteiger partial charge in [-0.05, 0) is 43.5 Å². The predicted octanol–water partition coefficient (Wildman–Crippen LogP) is 3.03. The Labute approximate surface area is 97.1 Å². The topological polar surface area (TPSA) is 12.0 Å². The van der Waals surface area contributed by atoms with Gasteiger partial charge in [0.05, 0.1) is 0 Å². The van der Waals surface area contributed by atoms with Crippen LogP contribution in [0.25, 0.3) is 0 Å². The Bertz CT molecular complexity index is 365. The quantitative estimate of drug-likeness (QED) is 0.573. The second-order valence-corrected chi connectivity index (χ2v) is 3.92. The van der Waals surface area contributed by atoms with E-state index in [4.69, 9.17) is 6.42 Å². The third-order valence-corrected chi connectivity index (χ3v) is 2.49. The summed E-state index contributed by atoms with van der Waals surface area (Å²) in [6, 6.07) is 5.35. The van der Waals surface area contributed by atoms with Gasteiger partial charge in [0.1, 0.15) is 5.82 Å². The molecule has 1 aromatic carbocycles. The highest BCUT2D eigenvalue weighted by atomic mass is 19.1. The molecule has 2 heteroatoms. The smallest absolute Gasteiger partial charge is 0.126 e. The van der Waals surface area contributed by atoms with Crippen molar-refractivity contribution in [1.82, 2.24) is 5.32 Å². The van der Waals surface area contributed by atoms with Crippen LogP contribution in [0.3, 0.4) is 0 Å². The molecule has 0 unspecified atom stereocenters. The monoisotopic (exact) mass is 219 g/mol. The number of hydrogen-bond donors (Lipinski definition) is 1. The van der Waals surface area contributed by atoms with E-state index >= 15 is 0 Å². The lowest BCUT2D eigenvalue weighted by molar-refractivity contribution is 0.604. The van der Waals surface area contributed by atoms with Gasteiger partial charge in [-0.2, -0.15) is 0 Å². The molecule has 0 fully saturated rings. The molecule has 0 bridgehead atoms. The Kier molecular flexibility index (Phi) is 5.60. The third-order valence-electron chi connectivity index (χ3n) is 2.49. The number of benzene rings is 1. The zero-order chi connectivity index (χ0) is 11.8. The molecule has 16 heavy (non-hydrogen) atoms. The van der Waals surface area contributed by atoms with Gasteiger partial charge >= 0.3 is 0 Å². The van der Waals surface area contributed by atoms with Crippen LogP contribution in [0.1, 0.15) is 30.4 Å². The van der Waals surface area contributed by atoms with Crippen molar-refractivity contribution in [3.63, 3.8) is 0 Å². The third kappa shape index (κ3) is 4.46. The molecule has 0 amide bonds. The van der Waals surface area contributed by atoms with Crippen molar-refractivity contribution >= 4 is 0 Å². The van der Waals surface area contributed by atoms with Gasteiger partial charge < -0.3 is 5.32 Å². The number of hydrogen-bond acceptors (Lipinski definition) is 1. The van der Waals surface area contributed by atoms with Gasteiger partial charge in [-0.25, -0.2) is 4.39 Å². The molecule has 0 aliphatic heterocycles. The Morgan fingerprint density at radius 1 is 1.38 bits per heavy atom. The molecule has 1 N–H and O–H groups in total. The van der Waals surface area contributed by atoms with Gasteiger partial charge in [0.25, 0.3) is 0 Å². The minimum atomic E-state index is -0.133. The van der Waals surface area contributed by atoms with Crippen molar-refractivity contribution < 1.29 is 4.39 Å². The van der Waals surface area contributed by atoms with Crippen LogP contribution in [0.5, 0.6) is 0 Å². The lowest BCUT2D eigenvalue weighted by Gasteiger charge is -2.05. The van der Waals surface area contributed by atoms with Gasteiger partial charge in [-0.1, -0.05) is 12.1 Å². The van der Waals surface area contributed by atoms with E-state index in [1.807, 2.05) is 12.1 Å². The summed E-state index contributed by atoms with van der Waals surface area (Å²) in [5.74, 6) is 2.48. The van der Waals surface area contributed by atoms with E-state index in [0.29, 0.717) is 12.1 Å². The number of unbranched alkanes of at least 4 members (excludes halogenated alkanes) is 2. The molecular formula is C14H18FN. The molecule has 0 saturated carbocycles. The van der Waals surface area contributed by atoms with Crippen LogP contribution in [0, 0.1) is 25.1 Å². The maximum atomic E-state index is 13.2. The van der Waals surface area contributed by atoms with E-state index in [1.54, 1.807) is 13.0 Å². The predicted molar refractivity (Wildman–Crippen MR) is 65.5 cm³/mol. The molecule has 0 saturated heterocycles. The van der Waals surface area contributed by atoms with Crippen LogP contribution < -0.4 is 5.32 Å². The second-order valence-electron chi connectivity index (χ2n) is 3.92. The molecule has 86 valence electrons. The van der Waals surface area contributed by atoms with E-state index in [2.05, 4.69) is 11.2 Å². The van der Waals surface area contributed by atoms with E-state index in [1.165, 1.54) is 0 Å². The SMILES string of the molecule is C#CCCCCNCc1ccc(C)c(F)c1. The fraction of sp³-hybridized carbons (Fsp3) is 0.429. The summed E-state index contributed by atoms with van der Waals surface area (Å²) in [5, 5.41) is 3.27. The molecule has 0 radical (unpaired) electrons. The Hall–Kier alpha value is -1.33. The summed E-state index contributed by atoms with van der Waals surface area (Å²) in [4.78, 5) is 0. The highest BCUT2D eigenvalue weighted by Gasteiger charge is 1.98. The molecule has 0 atom stereocenters. The first-order valence-electron chi connectivity index (χ1n) is 5.63. The molecule has 0 aromatic heterocycles. The van der Waals surface area contributed by atoms with Crippen LogP contribution >= 0.6 is 0 Å². The standard InChI is InChI=1S/C14H18FN/c1-3-4-5-6-9-16-11-13-8-7-12(2)14(15)10-13/h1,7-8,10,16H,4-6,9,11H2,2H3. The second kappa shape index (κ2) is 7.03. The minimum Gasteiger partial charge on any atom is -0.313 e. The maximum absolute atomic E-state index is 13.2. The first-order valence-corrected chi connectivity index (χ1v) is 5.63. The molecular weight excluding hydrogens is 201 g/mol. The fourth-order valence-electron chi connectivity index (χ4n) is 1.46. The number of nitrogens with one attached hydrogen (secondary N) is 1. The maximum Gasteiger partial charge on any atom is 0.126 e. The average molecular weight is 219 g/mol. The summed E-state index contributed by atoms with van der Waals surface area (Å²) >= 11 is 0. The summed E-state index contributed by atoms with van der Waals surface area (Å²) in [6.45, 7) is 3.41. The molecule has 0 spiro atoms. The first-order chi connectivity index (χ1) is 7.74. The highest BCUT2D eigenvalue weighted by Crippen LogP contribution is 2.08. The van der Waals surface area contributed by atoms with Crippen LogP contribution in [-0.2, 0) is 6.54 Å². The summed E-state index contributed by atoms with van der Waals surface area (Å²) < 4.78 is 13.2.